The highest BCUT2D eigenvalue weighted by Crippen LogP contribution is 2.14. The molecule has 3 aromatic rings. The SMILES string of the molecule is CC[C@H](C)C(=O)Nc1cccc(CNC(=O)Cc2ccc3cn[nH]c3c2)c1. The second kappa shape index (κ2) is 8.49. The fourth-order valence-corrected chi connectivity index (χ4v) is 2.75. The van der Waals surface area contributed by atoms with Crippen LogP contribution in [0.1, 0.15) is 31.4 Å². The number of hydrogen-bond acceptors (Lipinski definition) is 3. The summed E-state index contributed by atoms with van der Waals surface area (Å²) >= 11 is 0. The zero-order valence-corrected chi connectivity index (χ0v) is 15.6. The van der Waals surface area contributed by atoms with Gasteiger partial charge in [0, 0.05) is 23.5 Å². The molecule has 0 unspecified atom stereocenters. The Labute approximate surface area is 158 Å². The first kappa shape index (κ1) is 18.6. The maximum atomic E-state index is 12.2. The summed E-state index contributed by atoms with van der Waals surface area (Å²) in [5, 5.41) is 13.8. The van der Waals surface area contributed by atoms with Gasteiger partial charge in [-0.15, -0.1) is 0 Å². The van der Waals surface area contributed by atoms with Crippen LogP contribution in [0.15, 0.2) is 48.7 Å². The molecule has 0 bridgehead atoms. The fourth-order valence-electron chi connectivity index (χ4n) is 2.75. The predicted octanol–water partition coefficient (Wildman–Crippen LogP) is 3.41. The smallest absolute Gasteiger partial charge is 0.227 e. The van der Waals surface area contributed by atoms with Crippen molar-refractivity contribution in [2.24, 2.45) is 5.92 Å². The van der Waals surface area contributed by atoms with E-state index in [9.17, 15) is 9.59 Å². The quantitative estimate of drug-likeness (QED) is 0.600. The number of amides is 2. The van der Waals surface area contributed by atoms with Crippen LogP contribution in [-0.4, -0.2) is 22.0 Å². The van der Waals surface area contributed by atoms with Crippen molar-refractivity contribution in [3.8, 4) is 0 Å². The summed E-state index contributed by atoms with van der Waals surface area (Å²) in [7, 11) is 0. The Kier molecular flexibility index (Phi) is 5.86. The molecular formula is C21H24N4O2. The second-order valence-electron chi connectivity index (χ2n) is 6.74. The molecule has 1 atom stereocenters. The zero-order chi connectivity index (χ0) is 19.2. The first-order chi connectivity index (χ1) is 13.0. The molecule has 1 heterocycles. The Morgan fingerprint density at radius 3 is 2.81 bits per heavy atom. The monoisotopic (exact) mass is 364 g/mol. The number of nitrogens with zero attached hydrogens (tertiary/aromatic N) is 1. The largest absolute Gasteiger partial charge is 0.352 e. The molecule has 0 aliphatic heterocycles. The number of fused-ring (bicyclic) bond motifs is 1. The minimum Gasteiger partial charge on any atom is -0.352 e. The van der Waals surface area contributed by atoms with E-state index in [1.54, 1.807) is 6.20 Å². The highest BCUT2D eigenvalue weighted by molar-refractivity contribution is 5.92. The molecule has 3 rings (SSSR count). The van der Waals surface area contributed by atoms with Crippen LogP contribution in [0.5, 0.6) is 0 Å². The molecule has 1 aromatic heterocycles. The molecule has 2 amide bonds. The summed E-state index contributed by atoms with van der Waals surface area (Å²) in [6.45, 7) is 4.30. The van der Waals surface area contributed by atoms with Gasteiger partial charge in [0.05, 0.1) is 18.1 Å². The second-order valence-corrected chi connectivity index (χ2v) is 6.74. The summed E-state index contributed by atoms with van der Waals surface area (Å²) in [6, 6.07) is 13.4. The maximum absolute atomic E-state index is 12.2. The lowest BCUT2D eigenvalue weighted by molar-refractivity contribution is -0.121. The molecule has 0 spiro atoms. The van der Waals surface area contributed by atoms with Gasteiger partial charge in [-0.05, 0) is 35.7 Å². The Balaban J connectivity index is 1.55. The lowest BCUT2D eigenvalue weighted by atomic mass is 10.1. The molecule has 0 saturated carbocycles. The van der Waals surface area contributed by atoms with Crippen LogP contribution in [0.2, 0.25) is 0 Å². The van der Waals surface area contributed by atoms with Crippen LogP contribution in [0.25, 0.3) is 10.9 Å². The molecule has 140 valence electrons. The third-order valence-corrected chi connectivity index (χ3v) is 4.62. The average Bonchev–Trinajstić information content (AvgIpc) is 3.14. The standard InChI is InChI=1S/C21H24N4O2/c1-3-14(2)21(27)24-18-6-4-5-16(9-18)12-22-20(26)11-15-7-8-17-13-23-25-19(17)10-15/h4-10,13-14H,3,11-12H2,1-2H3,(H,22,26)(H,23,25)(H,24,27)/t14-/m0/s1. The van der Waals surface area contributed by atoms with Crippen molar-refractivity contribution in [3.63, 3.8) is 0 Å². The normalized spacial score (nSPS) is 11.9. The molecule has 3 N–H and O–H groups in total. The van der Waals surface area contributed by atoms with Gasteiger partial charge >= 0.3 is 0 Å². The van der Waals surface area contributed by atoms with Crippen molar-refractivity contribution in [1.29, 1.82) is 0 Å². The molecule has 6 nitrogen and oxygen atoms in total. The van der Waals surface area contributed by atoms with Gasteiger partial charge in [-0.2, -0.15) is 5.10 Å². The van der Waals surface area contributed by atoms with E-state index < -0.39 is 0 Å². The predicted molar refractivity (Wildman–Crippen MR) is 106 cm³/mol. The van der Waals surface area contributed by atoms with Gasteiger partial charge in [-0.25, -0.2) is 0 Å². The van der Waals surface area contributed by atoms with Gasteiger partial charge in [0.15, 0.2) is 0 Å². The summed E-state index contributed by atoms with van der Waals surface area (Å²) in [5.74, 6) is -0.0728. The minimum absolute atomic E-state index is 0.00730. The number of benzene rings is 2. The van der Waals surface area contributed by atoms with E-state index in [1.165, 1.54) is 0 Å². The third kappa shape index (κ3) is 4.94. The lowest BCUT2D eigenvalue weighted by Crippen LogP contribution is -2.24. The van der Waals surface area contributed by atoms with Gasteiger partial charge in [0.1, 0.15) is 0 Å². The first-order valence-corrected chi connectivity index (χ1v) is 9.13. The molecule has 0 radical (unpaired) electrons. The molecule has 0 aliphatic carbocycles. The molecule has 27 heavy (non-hydrogen) atoms. The first-order valence-electron chi connectivity index (χ1n) is 9.13. The number of H-pyrrole nitrogens is 1. The van der Waals surface area contributed by atoms with Crippen LogP contribution in [0.3, 0.4) is 0 Å². The van der Waals surface area contributed by atoms with Gasteiger partial charge in [-0.3, -0.25) is 14.7 Å². The number of carbonyl (C=O) groups is 2. The highest BCUT2D eigenvalue weighted by atomic mass is 16.2. The van der Waals surface area contributed by atoms with Crippen LogP contribution >= 0.6 is 0 Å². The number of aromatic nitrogens is 2. The van der Waals surface area contributed by atoms with Gasteiger partial charge in [-0.1, -0.05) is 38.1 Å². The number of hydrogen-bond donors (Lipinski definition) is 3. The van der Waals surface area contributed by atoms with E-state index in [4.69, 9.17) is 0 Å². The van der Waals surface area contributed by atoms with Crippen molar-refractivity contribution >= 4 is 28.4 Å². The average molecular weight is 364 g/mol. The van der Waals surface area contributed by atoms with E-state index >= 15 is 0 Å². The highest BCUT2D eigenvalue weighted by Gasteiger charge is 2.11. The molecule has 0 aliphatic rings. The Hall–Kier alpha value is -3.15. The topological polar surface area (TPSA) is 86.9 Å². The summed E-state index contributed by atoms with van der Waals surface area (Å²) in [5.41, 5.74) is 3.54. The Morgan fingerprint density at radius 2 is 2.00 bits per heavy atom. The molecule has 0 fully saturated rings. The van der Waals surface area contributed by atoms with Crippen LogP contribution in [0.4, 0.5) is 5.69 Å². The summed E-state index contributed by atoms with van der Waals surface area (Å²) in [4.78, 5) is 24.3. The third-order valence-electron chi connectivity index (χ3n) is 4.62. The van der Waals surface area contributed by atoms with E-state index in [0.717, 1.165) is 34.1 Å². The van der Waals surface area contributed by atoms with Crippen molar-refractivity contribution in [2.75, 3.05) is 5.32 Å². The zero-order valence-electron chi connectivity index (χ0n) is 15.6. The van der Waals surface area contributed by atoms with E-state index in [1.807, 2.05) is 56.3 Å². The van der Waals surface area contributed by atoms with Crippen molar-refractivity contribution < 1.29 is 9.59 Å². The van der Waals surface area contributed by atoms with Crippen molar-refractivity contribution in [2.45, 2.75) is 33.2 Å². The fraction of sp³-hybridized carbons (Fsp3) is 0.286. The number of rotatable bonds is 7. The lowest BCUT2D eigenvalue weighted by Gasteiger charge is -2.11. The van der Waals surface area contributed by atoms with Gasteiger partial charge < -0.3 is 10.6 Å². The van der Waals surface area contributed by atoms with E-state index in [-0.39, 0.29) is 17.7 Å². The van der Waals surface area contributed by atoms with Gasteiger partial charge in [0.25, 0.3) is 0 Å². The summed E-state index contributed by atoms with van der Waals surface area (Å²) in [6.07, 6.45) is 2.86. The maximum Gasteiger partial charge on any atom is 0.227 e. The van der Waals surface area contributed by atoms with E-state index in [0.29, 0.717) is 13.0 Å². The van der Waals surface area contributed by atoms with Gasteiger partial charge in [0.2, 0.25) is 11.8 Å². The molecular weight excluding hydrogens is 340 g/mol. The molecule has 2 aromatic carbocycles. The van der Waals surface area contributed by atoms with Crippen molar-refractivity contribution in [3.05, 3.63) is 59.8 Å². The molecule has 6 heteroatoms. The number of aromatic amines is 1. The number of anilines is 1. The molecule has 0 saturated heterocycles. The Bertz CT molecular complexity index is 948. The minimum atomic E-state index is -0.0529. The number of carbonyl (C=O) groups excluding carboxylic acids is 2. The Morgan fingerprint density at radius 1 is 1.15 bits per heavy atom. The van der Waals surface area contributed by atoms with E-state index in [2.05, 4.69) is 20.8 Å². The van der Waals surface area contributed by atoms with Crippen LogP contribution in [-0.2, 0) is 22.6 Å². The number of nitrogens with one attached hydrogen (secondary N) is 3. The summed E-state index contributed by atoms with van der Waals surface area (Å²) < 4.78 is 0. The van der Waals surface area contributed by atoms with Crippen LogP contribution in [0, 0.1) is 5.92 Å². The van der Waals surface area contributed by atoms with Crippen LogP contribution < -0.4 is 10.6 Å². The van der Waals surface area contributed by atoms with Crippen molar-refractivity contribution in [1.82, 2.24) is 15.5 Å².